The molecule has 2 aromatic carbocycles. The molecular weight excluding hydrogens is 430 g/mol. The highest BCUT2D eigenvalue weighted by Crippen LogP contribution is 2.16. The number of carbonyl (C=O) groups is 2. The number of rotatable bonds is 6. The molecule has 3 aromatic rings. The number of aryl methyl sites for hydroxylation is 2. The zero-order valence-electron chi connectivity index (χ0n) is 19.1. The van der Waals surface area contributed by atoms with E-state index in [-0.39, 0.29) is 11.8 Å². The number of piperazine rings is 1. The van der Waals surface area contributed by atoms with Crippen LogP contribution in [0.25, 0.3) is 6.08 Å². The molecule has 1 aliphatic heterocycles. The maximum atomic E-state index is 13.4. The Hall–Kier alpha value is -3.22. The van der Waals surface area contributed by atoms with Crippen molar-refractivity contribution in [2.45, 2.75) is 20.4 Å². The van der Waals surface area contributed by atoms with Crippen LogP contribution >= 0.6 is 11.3 Å². The molecule has 170 valence electrons. The van der Waals surface area contributed by atoms with E-state index in [9.17, 15) is 9.59 Å². The molecule has 2 heterocycles. The molecule has 0 bridgehead atoms. The maximum absolute atomic E-state index is 13.4. The maximum Gasteiger partial charge on any atom is 0.270 e. The van der Waals surface area contributed by atoms with Crippen LogP contribution < -0.4 is 10.2 Å². The number of hydrogen-bond donors (Lipinski definition) is 2. The van der Waals surface area contributed by atoms with Crippen molar-refractivity contribution < 1.29 is 14.5 Å². The SMILES string of the molecule is Cc1ccc(C(=O)N/C(=C\c2cccs2)C(=O)N2CC[NH+](Cc3ccccc3)CC2)cc1C. The highest BCUT2D eigenvalue weighted by atomic mass is 32.1. The molecule has 0 spiro atoms. The largest absolute Gasteiger partial charge is 0.328 e. The van der Waals surface area contributed by atoms with Gasteiger partial charge in [0.15, 0.2) is 0 Å². The zero-order chi connectivity index (χ0) is 23.2. The minimum absolute atomic E-state index is 0.126. The summed E-state index contributed by atoms with van der Waals surface area (Å²) in [6.07, 6.45) is 1.79. The van der Waals surface area contributed by atoms with Crippen LogP contribution in [0.15, 0.2) is 71.7 Å². The highest BCUT2D eigenvalue weighted by molar-refractivity contribution is 7.10. The Bertz CT molecular complexity index is 1130. The number of thiophene rings is 1. The van der Waals surface area contributed by atoms with E-state index < -0.39 is 0 Å². The number of benzene rings is 2. The predicted octanol–water partition coefficient (Wildman–Crippen LogP) is 3.06. The Morgan fingerprint density at radius 2 is 1.76 bits per heavy atom. The first-order valence-corrected chi connectivity index (χ1v) is 12.2. The summed E-state index contributed by atoms with van der Waals surface area (Å²) in [7, 11) is 0. The molecule has 1 saturated heterocycles. The molecule has 0 saturated carbocycles. The van der Waals surface area contributed by atoms with E-state index >= 15 is 0 Å². The second-order valence-corrected chi connectivity index (χ2v) is 9.51. The van der Waals surface area contributed by atoms with Crippen LogP contribution in [0.5, 0.6) is 0 Å². The van der Waals surface area contributed by atoms with Crippen molar-refractivity contribution in [1.29, 1.82) is 0 Å². The molecule has 0 radical (unpaired) electrons. The first kappa shape index (κ1) is 23.0. The van der Waals surface area contributed by atoms with Crippen molar-refractivity contribution >= 4 is 29.2 Å². The Labute approximate surface area is 199 Å². The van der Waals surface area contributed by atoms with Crippen LogP contribution in [0.4, 0.5) is 0 Å². The molecular formula is C27H30N3O2S+. The first-order valence-electron chi connectivity index (χ1n) is 11.3. The quantitative estimate of drug-likeness (QED) is 0.556. The fourth-order valence-electron chi connectivity index (χ4n) is 4.00. The molecule has 1 fully saturated rings. The van der Waals surface area contributed by atoms with Crippen molar-refractivity contribution in [3.8, 4) is 0 Å². The lowest BCUT2D eigenvalue weighted by atomic mass is 10.1. The Kier molecular flexibility index (Phi) is 7.37. The van der Waals surface area contributed by atoms with E-state index in [1.54, 1.807) is 23.5 Å². The highest BCUT2D eigenvalue weighted by Gasteiger charge is 2.27. The predicted molar refractivity (Wildman–Crippen MR) is 133 cm³/mol. The molecule has 33 heavy (non-hydrogen) atoms. The lowest BCUT2D eigenvalue weighted by Gasteiger charge is -2.32. The third kappa shape index (κ3) is 5.97. The summed E-state index contributed by atoms with van der Waals surface area (Å²) in [5.41, 5.74) is 4.38. The van der Waals surface area contributed by atoms with Gasteiger partial charge in [0.25, 0.3) is 11.8 Å². The van der Waals surface area contributed by atoms with E-state index in [4.69, 9.17) is 0 Å². The summed E-state index contributed by atoms with van der Waals surface area (Å²) in [5.74, 6) is -0.387. The van der Waals surface area contributed by atoms with Gasteiger partial charge in [0.05, 0.1) is 26.2 Å². The minimum atomic E-state index is -0.261. The van der Waals surface area contributed by atoms with Gasteiger partial charge in [-0.15, -0.1) is 11.3 Å². The summed E-state index contributed by atoms with van der Waals surface area (Å²) in [6, 6.07) is 19.9. The van der Waals surface area contributed by atoms with Crippen LogP contribution in [0.3, 0.4) is 0 Å². The summed E-state index contributed by atoms with van der Waals surface area (Å²) in [6.45, 7) is 8.07. The lowest BCUT2D eigenvalue weighted by Crippen LogP contribution is -3.13. The molecule has 4 rings (SSSR count). The van der Waals surface area contributed by atoms with Gasteiger partial charge in [-0.2, -0.15) is 0 Å². The second-order valence-electron chi connectivity index (χ2n) is 8.53. The standard InChI is InChI=1S/C27H29N3O2S/c1-20-10-11-23(17-21(20)2)26(31)28-25(18-24-9-6-16-33-24)27(32)30-14-12-29(13-15-30)19-22-7-4-3-5-8-22/h3-11,16-18H,12-15,19H2,1-2H3,(H,28,31)/p+1/b25-18-. The molecule has 2 amide bonds. The van der Waals surface area contributed by atoms with E-state index in [0.29, 0.717) is 24.4 Å². The van der Waals surface area contributed by atoms with Gasteiger partial charge < -0.3 is 15.1 Å². The number of hydrogen-bond acceptors (Lipinski definition) is 3. The van der Waals surface area contributed by atoms with Crippen LogP contribution in [-0.4, -0.2) is 42.9 Å². The Balaban J connectivity index is 1.45. The molecule has 6 heteroatoms. The normalized spacial score (nSPS) is 14.8. The van der Waals surface area contributed by atoms with Crippen molar-refractivity contribution in [3.63, 3.8) is 0 Å². The Morgan fingerprint density at radius 3 is 2.42 bits per heavy atom. The van der Waals surface area contributed by atoms with Crippen LogP contribution in [0.1, 0.15) is 31.9 Å². The van der Waals surface area contributed by atoms with Gasteiger partial charge in [0.2, 0.25) is 0 Å². The number of quaternary nitrogens is 1. The molecule has 0 atom stereocenters. The topological polar surface area (TPSA) is 53.9 Å². The van der Waals surface area contributed by atoms with E-state index in [1.807, 2.05) is 54.5 Å². The first-order chi connectivity index (χ1) is 16.0. The van der Waals surface area contributed by atoms with Crippen molar-refractivity contribution in [3.05, 3.63) is 98.9 Å². The van der Waals surface area contributed by atoms with Crippen molar-refractivity contribution in [2.75, 3.05) is 26.2 Å². The number of nitrogens with one attached hydrogen (secondary N) is 2. The van der Waals surface area contributed by atoms with Gasteiger partial charge in [-0.3, -0.25) is 9.59 Å². The average Bonchev–Trinajstić information content (AvgIpc) is 3.34. The number of carbonyl (C=O) groups excluding carboxylic acids is 2. The fourth-order valence-corrected chi connectivity index (χ4v) is 4.66. The number of amides is 2. The fraction of sp³-hybridized carbons (Fsp3) is 0.259. The number of nitrogens with zero attached hydrogens (tertiary/aromatic N) is 1. The summed E-state index contributed by atoms with van der Waals surface area (Å²) >= 11 is 1.54. The van der Waals surface area contributed by atoms with Gasteiger partial charge >= 0.3 is 0 Å². The second kappa shape index (κ2) is 10.6. The van der Waals surface area contributed by atoms with Crippen LogP contribution in [0.2, 0.25) is 0 Å². The van der Waals surface area contributed by atoms with Gasteiger partial charge in [-0.25, -0.2) is 0 Å². The third-order valence-electron chi connectivity index (χ3n) is 6.13. The molecule has 5 nitrogen and oxygen atoms in total. The third-order valence-corrected chi connectivity index (χ3v) is 6.95. The molecule has 1 aromatic heterocycles. The molecule has 0 unspecified atom stereocenters. The monoisotopic (exact) mass is 460 g/mol. The van der Waals surface area contributed by atoms with E-state index in [1.165, 1.54) is 10.5 Å². The molecule has 1 aliphatic rings. The summed E-state index contributed by atoms with van der Waals surface area (Å²) < 4.78 is 0. The summed E-state index contributed by atoms with van der Waals surface area (Å²) in [4.78, 5) is 30.6. The molecule has 2 N–H and O–H groups in total. The summed E-state index contributed by atoms with van der Waals surface area (Å²) in [5, 5.41) is 4.86. The van der Waals surface area contributed by atoms with Gasteiger partial charge in [-0.1, -0.05) is 42.5 Å². The zero-order valence-corrected chi connectivity index (χ0v) is 20.0. The van der Waals surface area contributed by atoms with Gasteiger partial charge in [-0.05, 0) is 54.6 Å². The minimum Gasteiger partial charge on any atom is -0.328 e. The average molecular weight is 461 g/mol. The van der Waals surface area contributed by atoms with Crippen LogP contribution in [-0.2, 0) is 11.3 Å². The smallest absolute Gasteiger partial charge is 0.270 e. The van der Waals surface area contributed by atoms with E-state index in [0.717, 1.165) is 35.6 Å². The van der Waals surface area contributed by atoms with Gasteiger partial charge in [0.1, 0.15) is 12.2 Å². The van der Waals surface area contributed by atoms with Crippen molar-refractivity contribution in [2.24, 2.45) is 0 Å². The molecule has 0 aliphatic carbocycles. The van der Waals surface area contributed by atoms with Crippen LogP contribution in [0, 0.1) is 13.8 Å². The lowest BCUT2D eigenvalue weighted by molar-refractivity contribution is -0.917. The van der Waals surface area contributed by atoms with Crippen molar-refractivity contribution in [1.82, 2.24) is 10.2 Å². The Morgan fingerprint density at radius 1 is 1.00 bits per heavy atom. The van der Waals surface area contributed by atoms with Gasteiger partial charge in [0, 0.05) is 16.0 Å². The van der Waals surface area contributed by atoms with E-state index in [2.05, 4.69) is 29.6 Å².